The number of sulfonamides is 1. The van der Waals surface area contributed by atoms with Crippen LogP contribution in [0, 0.1) is 5.41 Å². The Labute approximate surface area is 256 Å². The Morgan fingerprint density at radius 1 is 1.05 bits per heavy atom. The van der Waals surface area contributed by atoms with E-state index in [1.165, 1.54) is 23.5 Å². The molecule has 2 aromatic rings. The van der Waals surface area contributed by atoms with Crippen molar-refractivity contribution in [2.45, 2.75) is 89.2 Å². The second kappa shape index (κ2) is 14.4. The van der Waals surface area contributed by atoms with Crippen LogP contribution in [0.4, 0.5) is 4.79 Å². The average molecular weight is 621 g/mol. The van der Waals surface area contributed by atoms with E-state index in [9.17, 15) is 18.3 Å². The zero-order valence-electron chi connectivity index (χ0n) is 26.5. The number of amides is 1. The van der Waals surface area contributed by atoms with Crippen molar-refractivity contribution in [1.82, 2.24) is 9.62 Å². The molecule has 1 fully saturated rings. The Hall–Kier alpha value is -2.70. The largest absolute Gasteiger partial charge is 0.497 e. The number of hydrogen-bond acceptors (Lipinski definition) is 8. The molecule has 0 saturated carbocycles. The van der Waals surface area contributed by atoms with Crippen LogP contribution in [0.1, 0.15) is 59.9 Å². The lowest BCUT2D eigenvalue weighted by atomic mass is 9.86. The van der Waals surface area contributed by atoms with Gasteiger partial charge in [0.2, 0.25) is 10.0 Å². The van der Waals surface area contributed by atoms with Gasteiger partial charge in [-0.3, -0.25) is 0 Å². The highest BCUT2D eigenvalue weighted by molar-refractivity contribution is 7.89. The molecule has 10 nitrogen and oxygen atoms in total. The topological polar surface area (TPSA) is 124 Å². The third-order valence-corrected chi connectivity index (χ3v) is 9.14. The fourth-order valence-corrected chi connectivity index (χ4v) is 6.56. The van der Waals surface area contributed by atoms with Gasteiger partial charge < -0.3 is 29.4 Å². The number of nitrogens with zero attached hydrogens (tertiary/aromatic N) is 1. The van der Waals surface area contributed by atoms with E-state index in [0.717, 1.165) is 5.56 Å². The summed E-state index contributed by atoms with van der Waals surface area (Å²) in [5, 5.41) is 14.4. The molecule has 43 heavy (non-hydrogen) atoms. The van der Waals surface area contributed by atoms with Gasteiger partial charge in [-0.2, -0.15) is 4.31 Å². The molecule has 0 radical (unpaired) electrons. The molecule has 0 aliphatic carbocycles. The molecule has 0 aromatic heterocycles. The van der Waals surface area contributed by atoms with E-state index in [1.807, 2.05) is 51.1 Å². The number of rotatable bonds is 14. The lowest BCUT2D eigenvalue weighted by Crippen LogP contribution is -2.52. The van der Waals surface area contributed by atoms with Gasteiger partial charge in [0.1, 0.15) is 11.4 Å². The number of hydrogen-bond donors (Lipinski definition) is 2. The highest BCUT2D eigenvalue weighted by Crippen LogP contribution is 2.33. The number of benzene rings is 2. The quantitative estimate of drug-likeness (QED) is 0.310. The van der Waals surface area contributed by atoms with E-state index < -0.39 is 45.1 Å². The van der Waals surface area contributed by atoms with E-state index >= 15 is 0 Å². The third-order valence-electron chi connectivity index (χ3n) is 7.31. The number of methoxy groups -OCH3 is 1. The van der Waals surface area contributed by atoms with Gasteiger partial charge in [0.25, 0.3) is 0 Å². The Bertz CT molecular complexity index is 1270. The molecular weight excluding hydrogens is 572 g/mol. The Kier molecular flexibility index (Phi) is 11.6. The van der Waals surface area contributed by atoms with Crippen LogP contribution in [0.2, 0.25) is 0 Å². The SMILES string of the molecule is COc1ccc(S(=O)(=O)N(CC(O)[C@H](Cc2ccccc2)NC(=O)OC(C)(C)C)CC(C)(C)CCC2(C)OCCO2)cc1. The van der Waals surface area contributed by atoms with E-state index in [4.69, 9.17) is 18.9 Å². The van der Waals surface area contributed by atoms with Crippen LogP contribution in [-0.4, -0.2) is 80.9 Å². The summed E-state index contributed by atoms with van der Waals surface area (Å²) in [5.41, 5.74) is -0.383. The molecule has 0 bridgehead atoms. The van der Waals surface area contributed by atoms with Crippen molar-refractivity contribution in [1.29, 1.82) is 0 Å². The van der Waals surface area contributed by atoms with Crippen LogP contribution >= 0.6 is 0 Å². The summed E-state index contributed by atoms with van der Waals surface area (Å²) in [6.07, 6.45) is -0.486. The second-order valence-electron chi connectivity index (χ2n) is 13.0. The Morgan fingerprint density at radius 3 is 2.21 bits per heavy atom. The number of ether oxygens (including phenoxy) is 4. The summed E-state index contributed by atoms with van der Waals surface area (Å²) >= 11 is 0. The molecule has 2 aromatic carbocycles. The number of carbonyl (C=O) groups is 1. The highest BCUT2D eigenvalue weighted by Gasteiger charge is 2.38. The summed E-state index contributed by atoms with van der Waals surface area (Å²) in [5.74, 6) is -0.186. The van der Waals surface area contributed by atoms with Crippen LogP contribution in [0.25, 0.3) is 0 Å². The van der Waals surface area contributed by atoms with E-state index in [0.29, 0.717) is 31.8 Å². The maximum Gasteiger partial charge on any atom is 0.407 e. The molecule has 1 heterocycles. The molecule has 240 valence electrons. The Balaban J connectivity index is 1.90. The zero-order chi connectivity index (χ0) is 31.9. The number of carbonyl (C=O) groups excluding carboxylic acids is 1. The monoisotopic (exact) mass is 620 g/mol. The van der Waals surface area contributed by atoms with E-state index in [2.05, 4.69) is 5.32 Å². The standard InChI is InChI=1S/C32H48N2O8S/c1-30(2,3)42-29(36)33-27(21-24-11-9-8-10-12-24)28(35)22-34(43(37,38)26-15-13-25(39-7)14-16-26)23-31(4,5)17-18-32(6)40-19-20-41-32/h8-16,27-28,35H,17-23H2,1-7H3,(H,33,36)/t27-,28?/m0/s1. The van der Waals surface area contributed by atoms with Gasteiger partial charge in [-0.05, 0) is 75.8 Å². The van der Waals surface area contributed by atoms with Gasteiger partial charge in [-0.15, -0.1) is 0 Å². The summed E-state index contributed by atoms with van der Waals surface area (Å²) < 4.78 is 51.6. The minimum Gasteiger partial charge on any atom is -0.497 e. The van der Waals surface area contributed by atoms with Gasteiger partial charge >= 0.3 is 6.09 Å². The maximum atomic E-state index is 14.1. The van der Waals surface area contributed by atoms with Crippen molar-refractivity contribution >= 4 is 16.1 Å². The van der Waals surface area contributed by atoms with Gasteiger partial charge in [0, 0.05) is 19.5 Å². The summed E-state index contributed by atoms with van der Waals surface area (Å²) in [7, 11) is -2.55. The molecule has 1 amide bonds. The zero-order valence-corrected chi connectivity index (χ0v) is 27.3. The summed E-state index contributed by atoms with van der Waals surface area (Å²) in [4.78, 5) is 12.9. The first kappa shape index (κ1) is 34.8. The van der Waals surface area contributed by atoms with Gasteiger partial charge in [-0.1, -0.05) is 44.2 Å². The molecule has 1 saturated heterocycles. The fourth-order valence-electron chi connectivity index (χ4n) is 4.91. The van der Waals surface area contributed by atoms with Crippen molar-refractivity contribution in [3.8, 4) is 5.75 Å². The molecule has 11 heteroatoms. The number of nitrogens with one attached hydrogen (secondary N) is 1. The van der Waals surface area contributed by atoms with Crippen molar-refractivity contribution in [3.63, 3.8) is 0 Å². The lowest BCUT2D eigenvalue weighted by Gasteiger charge is -2.36. The normalized spacial score (nSPS) is 17.0. The molecule has 1 aliphatic heterocycles. The van der Waals surface area contributed by atoms with Gasteiger partial charge in [0.05, 0.1) is 37.4 Å². The molecule has 1 unspecified atom stereocenters. The van der Waals surface area contributed by atoms with Crippen LogP contribution in [0.5, 0.6) is 5.75 Å². The predicted molar refractivity (Wildman–Crippen MR) is 164 cm³/mol. The molecule has 2 N–H and O–H groups in total. The van der Waals surface area contributed by atoms with Gasteiger partial charge in [-0.25, -0.2) is 13.2 Å². The first-order valence-electron chi connectivity index (χ1n) is 14.7. The lowest BCUT2D eigenvalue weighted by molar-refractivity contribution is -0.151. The fraction of sp³-hybridized carbons (Fsp3) is 0.594. The number of aliphatic hydroxyl groups is 1. The van der Waals surface area contributed by atoms with Crippen LogP contribution in [0.3, 0.4) is 0 Å². The molecular formula is C32H48N2O8S. The van der Waals surface area contributed by atoms with E-state index in [-0.39, 0.29) is 24.4 Å². The van der Waals surface area contributed by atoms with Crippen molar-refractivity contribution in [3.05, 3.63) is 60.2 Å². The van der Waals surface area contributed by atoms with E-state index in [1.54, 1.807) is 32.9 Å². The molecule has 2 atom stereocenters. The predicted octanol–water partition coefficient (Wildman–Crippen LogP) is 4.75. The smallest absolute Gasteiger partial charge is 0.407 e. The van der Waals surface area contributed by atoms with Gasteiger partial charge in [0.15, 0.2) is 5.79 Å². The average Bonchev–Trinajstić information content (AvgIpc) is 3.37. The van der Waals surface area contributed by atoms with Crippen LogP contribution in [-0.2, 0) is 30.7 Å². The summed E-state index contributed by atoms with van der Waals surface area (Å²) in [6, 6.07) is 14.7. The third kappa shape index (κ3) is 10.8. The first-order valence-corrected chi connectivity index (χ1v) is 16.1. The summed E-state index contributed by atoms with van der Waals surface area (Å²) in [6.45, 7) is 12.0. The highest BCUT2D eigenvalue weighted by atomic mass is 32.2. The van der Waals surface area contributed by atoms with Crippen molar-refractivity contribution in [2.24, 2.45) is 5.41 Å². The molecule has 0 spiro atoms. The minimum absolute atomic E-state index is 0.0745. The first-order chi connectivity index (χ1) is 20.0. The number of alkyl carbamates (subject to hydrolysis) is 1. The van der Waals surface area contributed by atoms with Crippen molar-refractivity contribution in [2.75, 3.05) is 33.4 Å². The maximum absolute atomic E-state index is 14.1. The van der Waals surface area contributed by atoms with Crippen LogP contribution < -0.4 is 10.1 Å². The Morgan fingerprint density at radius 2 is 1.65 bits per heavy atom. The number of aliphatic hydroxyl groups excluding tert-OH is 1. The van der Waals surface area contributed by atoms with Crippen molar-refractivity contribution < 1.29 is 37.3 Å². The molecule has 1 aliphatic rings. The second-order valence-corrected chi connectivity index (χ2v) is 14.9. The van der Waals surface area contributed by atoms with Crippen LogP contribution in [0.15, 0.2) is 59.5 Å². The molecule has 3 rings (SSSR count). The minimum atomic E-state index is -4.06.